The van der Waals surface area contributed by atoms with Gasteiger partial charge in [-0.15, -0.1) is 11.3 Å². The lowest BCUT2D eigenvalue weighted by Gasteiger charge is -2.28. The van der Waals surface area contributed by atoms with E-state index in [2.05, 4.69) is 36.5 Å². The van der Waals surface area contributed by atoms with E-state index in [4.69, 9.17) is 4.98 Å². The van der Waals surface area contributed by atoms with Crippen molar-refractivity contribution in [2.45, 2.75) is 25.8 Å². The summed E-state index contributed by atoms with van der Waals surface area (Å²) in [6, 6.07) is 8.70. The summed E-state index contributed by atoms with van der Waals surface area (Å²) >= 11 is 1.86. The van der Waals surface area contributed by atoms with E-state index >= 15 is 0 Å². The Morgan fingerprint density at radius 1 is 1.41 bits per heavy atom. The molecule has 0 saturated carbocycles. The highest BCUT2D eigenvalue weighted by Gasteiger charge is 2.29. The van der Waals surface area contributed by atoms with Crippen LogP contribution in [-0.4, -0.2) is 12.0 Å². The van der Waals surface area contributed by atoms with Crippen molar-refractivity contribution in [3.8, 4) is 0 Å². The predicted octanol–water partition coefficient (Wildman–Crippen LogP) is 2.86. The zero-order chi connectivity index (χ0) is 11.8. The maximum atomic E-state index is 4.73. The van der Waals surface area contributed by atoms with Crippen LogP contribution in [0.4, 0.5) is 0 Å². The molecule has 1 aliphatic rings. The lowest BCUT2D eigenvalue weighted by Crippen LogP contribution is -2.17. The fourth-order valence-corrected chi connectivity index (χ4v) is 3.60. The van der Waals surface area contributed by atoms with Crippen molar-refractivity contribution in [2.75, 3.05) is 7.05 Å². The molecule has 88 valence electrons. The van der Waals surface area contributed by atoms with Crippen LogP contribution in [0.1, 0.15) is 32.6 Å². The maximum Gasteiger partial charge on any atom is 0.101 e. The molecular weight excluding hydrogens is 228 g/mol. The van der Waals surface area contributed by atoms with Gasteiger partial charge in [-0.2, -0.15) is 0 Å². The molecule has 0 aliphatic heterocycles. The molecule has 3 rings (SSSR count). The van der Waals surface area contributed by atoms with Gasteiger partial charge in [-0.3, -0.25) is 0 Å². The van der Waals surface area contributed by atoms with E-state index in [1.807, 2.05) is 18.4 Å². The van der Waals surface area contributed by atoms with Gasteiger partial charge < -0.3 is 5.32 Å². The van der Waals surface area contributed by atoms with E-state index in [-0.39, 0.29) is 0 Å². The molecule has 0 spiro atoms. The molecule has 0 amide bonds. The molecule has 0 radical (unpaired) electrons. The molecular formula is C14H16N2S. The van der Waals surface area contributed by atoms with Gasteiger partial charge in [0.25, 0.3) is 0 Å². The summed E-state index contributed by atoms with van der Waals surface area (Å²) in [7, 11) is 1.98. The summed E-state index contributed by atoms with van der Waals surface area (Å²) in [6.07, 6.45) is 1.15. The molecule has 1 heterocycles. The summed E-state index contributed by atoms with van der Waals surface area (Å²) in [5.41, 5.74) is 4.14. The van der Waals surface area contributed by atoms with E-state index in [0.29, 0.717) is 5.92 Å². The Kier molecular flexibility index (Phi) is 2.73. The lowest BCUT2D eigenvalue weighted by atomic mass is 9.78. The molecule has 2 nitrogen and oxygen atoms in total. The zero-order valence-corrected chi connectivity index (χ0v) is 11.0. The molecule has 1 unspecified atom stereocenters. The Labute approximate surface area is 106 Å². The van der Waals surface area contributed by atoms with Gasteiger partial charge in [0, 0.05) is 17.3 Å². The Balaban J connectivity index is 1.90. The van der Waals surface area contributed by atoms with Crippen molar-refractivity contribution in [1.29, 1.82) is 0 Å². The number of benzene rings is 1. The van der Waals surface area contributed by atoms with Crippen LogP contribution in [-0.2, 0) is 13.0 Å². The van der Waals surface area contributed by atoms with Crippen LogP contribution in [0.3, 0.4) is 0 Å². The molecule has 1 aliphatic carbocycles. The molecule has 3 heteroatoms. The molecule has 1 aromatic heterocycles. The molecule has 1 N–H and O–H groups in total. The SMILES string of the molecule is CNCc1sc(C2Cc3ccccc32)nc1C. The van der Waals surface area contributed by atoms with Crippen LogP contribution in [0.25, 0.3) is 0 Å². The number of hydrogen-bond acceptors (Lipinski definition) is 3. The fraction of sp³-hybridized carbons (Fsp3) is 0.357. The highest BCUT2D eigenvalue weighted by molar-refractivity contribution is 7.11. The first-order valence-electron chi connectivity index (χ1n) is 5.98. The number of rotatable bonds is 3. The third-order valence-electron chi connectivity index (χ3n) is 3.40. The third-order valence-corrected chi connectivity index (χ3v) is 4.67. The smallest absolute Gasteiger partial charge is 0.101 e. The average molecular weight is 244 g/mol. The van der Waals surface area contributed by atoms with Gasteiger partial charge in [0.05, 0.1) is 5.69 Å². The van der Waals surface area contributed by atoms with Crippen molar-refractivity contribution in [3.05, 3.63) is 51.0 Å². The first kappa shape index (κ1) is 10.9. The van der Waals surface area contributed by atoms with E-state index in [9.17, 15) is 0 Å². The second-order valence-corrected chi connectivity index (χ2v) is 5.66. The molecule has 2 aromatic rings. The second kappa shape index (κ2) is 4.24. The topological polar surface area (TPSA) is 24.9 Å². The van der Waals surface area contributed by atoms with Crippen LogP contribution in [0.2, 0.25) is 0 Å². The van der Waals surface area contributed by atoms with Crippen molar-refractivity contribution in [2.24, 2.45) is 0 Å². The van der Waals surface area contributed by atoms with Crippen LogP contribution in [0.15, 0.2) is 24.3 Å². The number of nitrogens with one attached hydrogen (secondary N) is 1. The fourth-order valence-electron chi connectivity index (χ4n) is 2.40. The molecule has 17 heavy (non-hydrogen) atoms. The van der Waals surface area contributed by atoms with Crippen molar-refractivity contribution in [1.82, 2.24) is 10.3 Å². The molecule has 0 bridgehead atoms. The summed E-state index contributed by atoms with van der Waals surface area (Å²) in [5, 5.41) is 4.49. The summed E-state index contributed by atoms with van der Waals surface area (Å²) < 4.78 is 0. The average Bonchev–Trinajstić information content (AvgIpc) is 2.63. The number of thiazole rings is 1. The monoisotopic (exact) mass is 244 g/mol. The standard InChI is InChI=1S/C14H16N2S/c1-9-13(8-15-2)17-14(16-9)12-7-10-5-3-4-6-11(10)12/h3-6,12,15H,7-8H2,1-2H3. The van der Waals surface area contributed by atoms with Gasteiger partial charge in [0.15, 0.2) is 0 Å². The number of fused-ring (bicyclic) bond motifs is 1. The lowest BCUT2D eigenvalue weighted by molar-refractivity contribution is 0.700. The zero-order valence-electron chi connectivity index (χ0n) is 10.2. The van der Waals surface area contributed by atoms with Crippen molar-refractivity contribution < 1.29 is 0 Å². The summed E-state index contributed by atoms with van der Waals surface area (Å²) in [4.78, 5) is 6.10. The molecule has 1 atom stereocenters. The summed E-state index contributed by atoms with van der Waals surface area (Å²) in [6.45, 7) is 3.04. The van der Waals surface area contributed by atoms with Gasteiger partial charge in [-0.25, -0.2) is 4.98 Å². The van der Waals surface area contributed by atoms with Gasteiger partial charge in [-0.05, 0) is 31.5 Å². The molecule has 1 aromatic carbocycles. The highest BCUT2D eigenvalue weighted by atomic mass is 32.1. The first-order valence-corrected chi connectivity index (χ1v) is 6.80. The Hall–Kier alpha value is -1.19. The minimum Gasteiger partial charge on any atom is -0.315 e. The largest absolute Gasteiger partial charge is 0.315 e. The Morgan fingerprint density at radius 2 is 2.24 bits per heavy atom. The molecule has 0 fully saturated rings. The van der Waals surface area contributed by atoms with Crippen LogP contribution >= 0.6 is 11.3 Å². The third kappa shape index (κ3) is 1.79. The predicted molar refractivity (Wildman–Crippen MR) is 71.6 cm³/mol. The van der Waals surface area contributed by atoms with Crippen molar-refractivity contribution >= 4 is 11.3 Å². The van der Waals surface area contributed by atoms with Gasteiger partial charge in [0.2, 0.25) is 0 Å². The Bertz CT molecular complexity index is 545. The minimum absolute atomic E-state index is 0.542. The minimum atomic E-state index is 0.542. The van der Waals surface area contributed by atoms with E-state index < -0.39 is 0 Å². The van der Waals surface area contributed by atoms with Crippen molar-refractivity contribution in [3.63, 3.8) is 0 Å². The molecule has 0 saturated heterocycles. The normalized spacial score (nSPS) is 17.6. The first-order chi connectivity index (χ1) is 8.29. The number of nitrogens with zero attached hydrogens (tertiary/aromatic N) is 1. The summed E-state index contributed by atoms with van der Waals surface area (Å²) in [5.74, 6) is 0.542. The Morgan fingerprint density at radius 3 is 3.00 bits per heavy atom. The van der Waals surface area contributed by atoms with Gasteiger partial charge >= 0.3 is 0 Å². The second-order valence-electron chi connectivity index (χ2n) is 4.55. The van der Waals surface area contributed by atoms with Gasteiger partial charge in [-0.1, -0.05) is 24.3 Å². The quantitative estimate of drug-likeness (QED) is 0.898. The van der Waals surface area contributed by atoms with Crippen LogP contribution < -0.4 is 5.32 Å². The number of aryl methyl sites for hydroxylation is 1. The van der Waals surface area contributed by atoms with Crippen LogP contribution in [0.5, 0.6) is 0 Å². The van der Waals surface area contributed by atoms with E-state index in [0.717, 1.165) is 13.0 Å². The van der Waals surface area contributed by atoms with E-state index in [1.165, 1.54) is 26.7 Å². The maximum absolute atomic E-state index is 4.73. The van der Waals surface area contributed by atoms with E-state index in [1.54, 1.807) is 0 Å². The number of aromatic nitrogens is 1. The number of hydrogen-bond donors (Lipinski definition) is 1. The van der Waals surface area contributed by atoms with Gasteiger partial charge in [0.1, 0.15) is 5.01 Å². The van der Waals surface area contributed by atoms with Crippen LogP contribution in [0, 0.1) is 6.92 Å². The highest BCUT2D eigenvalue weighted by Crippen LogP contribution is 2.41.